The summed E-state index contributed by atoms with van der Waals surface area (Å²) in [6, 6.07) is 11.7. The lowest BCUT2D eigenvalue weighted by Gasteiger charge is -2.33. The van der Waals surface area contributed by atoms with Gasteiger partial charge in [0.1, 0.15) is 0 Å². The van der Waals surface area contributed by atoms with Crippen LogP contribution in [0.4, 0.5) is 0 Å². The maximum Gasteiger partial charge on any atom is 0.191 e. The van der Waals surface area contributed by atoms with Crippen LogP contribution in [0.2, 0.25) is 0 Å². The zero-order valence-corrected chi connectivity index (χ0v) is 14.7. The lowest BCUT2D eigenvalue weighted by molar-refractivity contribution is 0.125. The average molecular weight is 330 g/mol. The molecule has 1 aliphatic heterocycles. The van der Waals surface area contributed by atoms with Gasteiger partial charge in [0.25, 0.3) is 0 Å². The molecule has 2 fully saturated rings. The minimum Gasteiger partial charge on any atom is -0.375 e. The van der Waals surface area contributed by atoms with Crippen LogP contribution in [0.3, 0.4) is 0 Å². The van der Waals surface area contributed by atoms with Crippen molar-refractivity contribution in [1.82, 2.24) is 15.5 Å². The summed E-state index contributed by atoms with van der Waals surface area (Å²) in [7, 11) is 1.83. The number of ether oxygens (including phenoxy) is 1. The smallest absolute Gasteiger partial charge is 0.191 e. The van der Waals surface area contributed by atoms with Gasteiger partial charge in [-0.25, -0.2) is 0 Å². The molecule has 0 radical (unpaired) electrons. The van der Waals surface area contributed by atoms with E-state index in [2.05, 4.69) is 32.7 Å². The molecule has 0 bridgehead atoms. The molecule has 0 atom stereocenters. The zero-order valence-electron chi connectivity index (χ0n) is 14.7. The van der Waals surface area contributed by atoms with Gasteiger partial charge in [0.2, 0.25) is 0 Å². The highest BCUT2D eigenvalue weighted by Crippen LogP contribution is 2.29. The lowest BCUT2D eigenvalue weighted by Crippen LogP contribution is -2.49. The Morgan fingerprint density at radius 1 is 1.17 bits per heavy atom. The summed E-state index contributed by atoms with van der Waals surface area (Å²) in [4.78, 5) is 6.97. The number of nitrogens with zero attached hydrogens (tertiary/aromatic N) is 2. The molecule has 0 spiro atoms. The summed E-state index contributed by atoms with van der Waals surface area (Å²) in [5, 5.41) is 6.90. The van der Waals surface area contributed by atoms with Crippen LogP contribution in [0.1, 0.15) is 31.2 Å². The Hall–Kier alpha value is -1.59. The van der Waals surface area contributed by atoms with Gasteiger partial charge in [0, 0.05) is 38.8 Å². The fourth-order valence-corrected chi connectivity index (χ4v) is 3.24. The maximum absolute atomic E-state index is 5.70. The molecule has 1 aromatic rings. The molecule has 5 nitrogen and oxygen atoms in total. The van der Waals surface area contributed by atoms with E-state index >= 15 is 0 Å². The summed E-state index contributed by atoms with van der Waals surface area (Å²) in [6.45, 7) is 4.55. The molecule has 5 heteroatoms. The van der Waals surface area contributed by atoms with Crippen molar-refractivity contribution < 1.29 is 4.74 Å². The Labute approximate surface area is 145 Å². The van der Waals surface area contributed by atoms with Gasteiger partial charge < -0.3 is 20.3 Å². The van der Waals surface area contributed by atoms with E-state index in [0.29, 0.717) is 19.3 Å². The van der Waals surface area contributed by atoms with Gasteiger partial charge in [-0.3, -0.25) is 4.99 Å². The van der Waals surface area contributed by atoms with Crippen LogP contribution in [0, 0.1) is 0 Å². The van der Waals surface area contributed by atoms with Crippen LogP contribution in [0.15, 0.2) is 35.3 Å². The first-order chi connectivity index (χ1) is 11.8. The third-order valence-corrected chi connectivity index (χ3v) is 4.81. The van der Waals surface area contributed by atoms with E-state index in [1.54, 1.807) is 0 Å². The summed E-state index contributed by atoms with van der Waals surface area (Å²) in [5.74, 6) is 0.892. The number of guanidine groups is 1. The molecule has 2 N–H and O–H groups in total. The molecule has 1 heterocycles. The Morgan fingerprint density at radius 2 is 1.92 bits per heavy atom. The summed E-state index contributed by atoms with van der Waals surface area (Å²) >= 11 is 0. The first-order valence-electron chi connectivity index (χ1n) is 9.18. The van der Waals surface area contributed by atoms with Crippen molar-refractivity contribution in [3.8, 4) is 0 Å². The number of likely N-dealkylation sites (tertiary alicyclic amines) is 1. The van der Waals surface area contributed by atoms with Gasteiger partial charge in [-0.15, -0.1) is 0 Å². The monoisotopic (exact) mass is 330 g/mol. The van der Waals surface area contributed by atoms with Gasteiger partial charge >= 0.3 is 0 Å². The summed E-state index contributed by atoms with van der Waals surface area (Å²) < 4.78 is 5.70. The predicted molar refractivity (Wildman–Crippen MR) is 98.2 cm³/mol. The van der Waals surface area contributed by atoms with E-state index in [1.807, 2.05) is 25.2 Å². The van der Waals surface area contributed by atoms with Crippen LogP contribution in [-0.4, -0.2) is 56.2 Å². The normalized spacial score (nSPS) is 20.1. The quantitative estimate of drug-likeness (QED) is 0.456. The van der Waals surface area contributed by atoms with Gasteiger partial charge in [-0.05, 0) is 31.2 Å². The largest absolute Gasteiger partial charge is 0.375 e. The number of hydrogen-bond donors (Lipinski definition) is 2. The first kappa shape index (κ1) is 17.2. The highest BCUT2D eigenvalue weighted by atomic mass is 16.5. The van der Waals surface area contributed by atoms with Gasteiger partial charge in [-0.2, -0.15) is 0 Å². The van der Waals surface area contributed by atoms with Crippen LogP contribution in [-0.2, 0) is 11.3 Å². The fourth-order valence-electron chi connectivity index (χ4n) is 3.24. The second-order valence-electron chi connectivity index (χ2n) is 6.72. The standard InChI is InChI=1S/C19H30N4O/c1-20-19(21-11-14-24-15-16-5-3-2-4-6-16)22-17-9-12-23(13-10-17)18-7-8-18/h2-6,17-18H,7-15H2,1H3,(H2,20,21,22). The van der Waals surface area contributed by atoms with Gasteiger partial charge in [-0.1, -0.05) is 30.3 Å². The first-order valence-corrected chi connectivity index (χ1v) is 9.18. The summed E-state index contributed by atoms with van der Waals surface area (Å²) in [6.07, 6.45) is 5.23. The average Bonchev–Trinajstić information content (AvgIpc) is 3.47. The Bertz CT molecular complexity index is 507. The van der Waals surface area contributed by atoms with E-state index in [-0.39, 0.29) is 0 Å². The topological polar surface area (TPSA) is 48.9 Å². The SMILES string of the molecule is CN=C(NCCOCc1ccccc1)NC1CCN(C2CC2)CC1. The molecule has 24 heavy (non-hydrogen) atoms. The van der Waals surface area contributed by atoms with Crippen LogP contribution >= 0.6 is 0 Å². The molecule has 132 valence electrons. The number of nitrogens with one attached hydrogen (secondary N) is 2. The van der Waals surface area contributed by atoms with Crippen molar-refractivity contribution in [2.24, 2.45) is 4.99 Å². The number of benzene rings is 1. The predicted octanol–water partition coefficient (Wildman–Crippen LogP) is 1.99. The van der Waals surface area contributed by atoms with E-state index in [4.69, 9.17) is 4.74 Å². The van der Waals surface area contributed by atoms with E-state index in [0.717, 1.165) is 18.5 Å². The van der Waals surface area contributed by atoms with Crippen molar-refractivity contribution in [2.45, 2.75) is 44.4 Å². The molecule has 1 aliphatic carbocycles. The third-order valence-electron chi connectivity index (χ3n) is 4.81. The number of piperidine rings is 1. The third kappa shape index (κ3) is 5.49. The number of rotatable bonds is 7. The molecule has 0 amide bonds. The second-order valence-corrected chi connectivity index (χ2v) is 6.72. The van der Waals surface area contributed by atoms with E-state index in [9.17, 15) is 0 Å². The van der Waals surface area contributed by atoms with E-state index in [1.165, 1.54) is 44.3 Å². The minimum atomic E-state index is 0.538. The lowest BCUT2D eigenvalue weighted by atomic mass is 10.1. The number of aliphatic imine (C=N–C) groups is 1. The van der Waals surface area contributed by atoms with Gasteiger partial charge in [0.05, 0.1) is 13.2 Å². The molecule has 0 unspecified atom stereocenters. The van der Waals surface area contributed by atoms with Crippen LogP contribution in [0.25, 0.3) is 0 Å². The van der Waals surface area contributed by atoms with Crippen molar-refractivity contribution in [3.05, 3.63) is 35.9 Å². The van der Waals surface area contributed by atoms with Crippen LogP contribution < -0.4 is 10.6 Å². The molecule has 3 rings (SSSR count). The second kappa shape index (κ2) is 9.04. The molecular weight excluding hydrogens is 300 g/mol. The van der Waals surface area contributed by atoms with Gasteiger partial charge in [0.15, 0.2) is 5.96 Å². The Kier molecular flexibility index (Phi) is 6.49. The Morgan fingerprint density at radius 3 is 2.58 bits per heavy atom. The summed E-state index contributed by atoms with van der Waals surface area (Å²) in [5.41, 5.74) is 1.21. The van der Waals surface area contributed by atoms with Crippen molar-refractivity contribution in [1.29, 1.82) is 0 Å². The molecule has 2 aliphatic rings. The van der Waals surface area contributed by atoms with Crippen molar-refractivity contribution in [3.63, 3.8) is 0 Å². The zero-order chi connectivity index (χ0) is 16.6. The maximum atomic E-state index is 5.70. The highest BCUT2D eigenvalue weighted by Gasteiger charge is 2.31. The van der Waals surface area contributed by atoms with Crippen molar-refractivity contribution in [2.75, 3.05) is 33.3 Å². The molecular formula is C19H30N4O. The number of hydrogen-bond acceptors (Lipinski definition) is 3. The molecule has 1 saturated carbocycles. The van der Waals surface area contributed by atoms with Crippen molar-refractivity contribution >= 4 is 5.96 Å². The van der Waals surface area contributed by atoms with Crippen LogP contribution in [0.5, 0.6) is 0 Å². The minimum absolute atomic E-state index is 0.538. The molecule has 1 aromatic carbocycles. The fraction of sp³-hybridized carbons (Fsp3) is 0.632. The molecule has 0 aromatic heterocycles. The molecule has 1 saturated heterocycles. The Balaban J connectivity index is 1.28. The van der Waals surface area contributed by atoms with E-state index < -0.39 is 0 Å². The highest BCUT2D eigenvalue weighted by molar-refractivity contribution is 5.79.